The van der Waals surface area contributed by atoms with Crippen molar-refractivity contribution in [1.29, 1.82) is 0 Å². The quantitative estimate of drug-likeness (QED) is 0.745. The van der Waals surface area contributed by atoms with E-state index in [0.29, 0.717) is 5.41 Å². The van der Waals surface area contributed by atoms with Crippen LogP contribution in [-0.2, 0) is 0 Å². The van der Waals surface area contributed by atoms with Crippen molar-refractivity contribution < 1.29 is 0 Å². The summed E-state index contributed by atoms with van der Waals surface area (Å²) >= 11 is 0. The Labute approximate surface area is 145 Å². The largest absolute Gasteiger partial charge is 0.312 e. The van der Waals surface area contributed by atoms with Crippen molar-refractivity contribution in [3.05, 3.63) is 0 Å². The molecule has 0 spiro atoms. The molecule has 0 amide bonds. The molecule has 0 bridgehead atoms. The van der Waals surface area contributed by atoms with Crippen LogP contribution >= 0.6 is 0 Å². The molecule has 136 valence electrons. The molecule has 0 radical (unpaired) electrons. The van der Waals surface area contributed by atoms with E-state index in [4.69, 9.17) is 0 Å². The van der Waals surface area contributed by atoms with Crippen molar-refractivity contribution in [1.82, 2.24) is 10.2 Å². The number of piperidine rings is 1. The maximum atomic E-state index is 3.97. The van der Waals surface area contributed by atoms with Crippen molar-refractivity contribution >= 4 is 0 Å². The van der Waals surface area contributed by atoms with Crippen LogP contribution in [0.15, 0.2) is 0 Å². The molecule has 23 heavy (non-hydrogen) atoms. The monoisotopic (exact) mass is 322 g/mol. The minimum absolute atomic E-state index is 0.458. The fourth-order valence-electron chi connectivity index (χ4n) is 4.85. The molecular weight excluding hydrogens is 280 g/mol. The maximum Gasteiger partial charge on any atom is 0.0198 e. The van der Waals surface area contributed by atoms with Gasteiger partial charge in [0.2, 0.25) is 0 Å². The number of hydrogen-bond acceptors (Lipinski definition) is 2. The van der Waals surface area contributed by atoms with Crippen LogP contribution in [0.5, 0.6) is 0 Å². The molecule has 2 atom stereocenters. The molecule has 0 aromatic heterocycles. The van der Waals surface area contributed by atoms with Crippen LogP contribution in [0.3, 0.4) is 0 Å². The Kier molecular flexibility index (Phi) is 7.41. The van der Waals surface area contributed by atoms with Crippen LogP contribution in [0, 0.1) is 23.2 Å². The van der Waals surface area contributed by atoms with Crippen molar-refractivity contribution in [2.24, 2.45) is 23.2 Å². The highest BCUT2D eigenvalue weighted by Gasteiger charge is 2.30. The average molecular weight is 323 g/mol. The summed E-state index contributed by atoms with van der Waals surface area (Å²) in [5.41, 5.74) is 0.458. The first-order valence-corrected chi connectivity index (χ1v) is 10.3. The molecule has 1 aliphatic heterocycles. The van der Waals surface area contributed by atoms with Gasteiger partial charge in [-0.05, 0) is 55.4 Å². The smallest absolute Gasteiger partial charge is 0.0198 e. The Balaban J connectivity index is 1.85. The lowest BCUT2D eigenvalue weighted by molar-refractivity contribution is 0.101. The van der Waals surface area contributed by atoms with E-state index in [1.165, 1.54) is 71.1 Å². The Morgan fingerprint density at radius 1 is 1.00 bits per heavy atom. The maximum absolute atomic E-state index is 3.97. The van der Waals surface area contributed by atoms with E-state index >= 15 is 0 Å². The minimum Gasteiger partial charge on any atom is -0.312 e. The molecule has 2 unspecified atom stereocenters. The summed E-state index contributed by atoms with van der Waals surface area (Å²) in [6, 6.07) is 0.719. The summed E-state index contributed by atoms with van der Waals surface area (Å²) in [6.45, 7) is 17.0. The molecule has 2 fully saturated rings. The van der Waals surface area contributed by atoms with Crippen LogP contribution in [-0.4, -0.2) is 37.1 Å². The van der Waals surface area contributed by atoms with Crippen molar-refractivity contribution in [3.8, 4) is 0 Å². The lowest BCUT2D eigenvalue weighted by Gasteiger charge is -2.41. The van der Waals surface area contributed by atoms with E-state index in [9.17, 15) is 0 Å². The predicted molar refractivity (Wildman–Crippen MR) is 102 cm³/mol. The second kappa shape index (κ2) is 8.85. The second-order valence-electron chi connectivity index (χ2n) is 10.1. The number of hydrogen-bond donors (Lipinski definition) is 1. The Bertz CT molecular complexity index is 325. The first-order chi connectivity index (χ1) is 10.8. The van der Waals surface area contributed by atoms with Gasteiger partial charge in [0, 0.05) is 25.7 Å². The summed E-state index contributed by atoms with van der Waals surface area (Å²) in [5.74, 6) is 2.60. The van der Waals surface area contributed by atoms with Crippen LogP contribution in [0.1, 0.15) is 79.6 Å². The van der Waals surface area contributed by atoms with E-state index in [0.717, 1.165) is 23.8 Å². The van der Waals surface area contributed by atoms with Crippen LogP contribution in [0.25, 0.3) is 0 Å². The number of nitrogens with zero attached hydrogens (tertiary/aromatic N) is 1. The van der Waals surface area contributed by atoms with Crippen molar-refractivity contribution in [3.63, 3.8) is 0 Å². The predicted octanol–water partition coefficient (Wildman–Crippen LogP) is 4.94. The Hall–Kier alpha value is -0.0800. The van der Waals surface area contributed by atoms with E-state index in [2.05, 4.69) is 44.8 Å². The van der Waals surface area contributed by atoms with Gasteiger partial charge in [0.15, 0.2) is 0 Å². The zero-order chi connectivity index (χ0) is 16.9. The minimum atomic E-state index is 0.458. The van der Waals surface area contributed by atoms with Gasteiger partial charge in [-0.25, -0.2) is 0 Å². The molecular formula is C21H42N2. The molecule has 1 aliphatic carbocycles. The van der Waals surface area contributed by atoms with Gasteiger partial charge < -0.3 is 10.2 Å². The molecule has 1 heterocycles. The van der Waals surface area contributed by atoms with E-state index in [1.807, 2.05) is 0 Å². The summed E-state index contributed by atoms with van der Waals surface area (Å²) in [4.78, 5) is 2.74. The highest BCUT2D eigenvalue weighted by atomic mass is 15.2. The molecule has 1 saturated carbocycles. The lowest BCUT2D eigenvalue weighted by atomic mass is 9.79. The Morgan fingerprint density at radius 2 is 1.70 bits per heavy atom. The van der Waals surface area contributed by atoms with Gasteiger partial charge in [0.05, 0.1) is 0 Å². The number of rotatable bonds is 6. The molecule has 2 heteroatoms. The van der Waals surface area contributed by atoms with Crippen LogP contribution < -0.4 is 5.32 Å². The number of nitrogens with one attached hydrogen (secondary N) is 1. The van der Waals surface area contributed by atoms with Gasteiger partial charge >= 0.3 is 0 Å². The summed E-state index contributed by atoms with van der Waals surface area (Å²) in [5, 5.41) is 3.97. The van der Waals surface area contributed by atoms with Crippen molar-refractivity contribution in [2.75, 3.05) is 26.2 Å². The second-order valence-corrected chi connectivity index (χ2v) is 10.1. The highest BCUT2D eigenvalue weighted by Crippen LogP contribution is 2.31. The van der Waals surface area contributed by atoms with Gasteiger partial charge in [-0.15, -0.1) is 0 Å². The highest BCUT2D eigenvalue weighted by molar-refractivity contribution is 4.86. The summed E-state index contributed by atoms with van der Waals surface area (Å²) < 4.78 is 0. The molecule has 1 saturated heterocycles. The average Bonchev–Trinajstić information content (AvgIpc) is 2.43. The Morgan fingerprint density at radius 3 is 2.30 bits per heavy atom. The summed E-state index contributed by atoms with van der Waals surface area (Å²) in [6.07, 6.45) is 10.1. The van der Waals surface area contributed by atoms with Crippen LogP contribution in [0.2, 0.25) is 0 Å². The molecule has 2 nitrogen and oxygen atoms in total. The van der Waals surface area contributed by atoms with Crippen LogP contribution in [0.4, 0.5) is 0 Å². The van der Waals surface area contributed by atoms with E-state index in [1.54, 1.807) is 0 Å². The van der Waals surface area contributed by atoms with E-state index in [-0.39, 0.29) is 0 Å². The molecule has 0 aromatic carbocycles. The standard InChI is InChI=1S/C21H42N2/c1-17(2)14-23-15-19(12-21(3,4)5)11-20(16-23)22-13-18-9-7-6-8-10-18/h17-20,22H,6-16H2,1-5H3. The third-order valence-electron chi connectivity index (χ3n) is 5.56. The SMILES string of the molecule is CC(C)CN1CC(CC(C)(C)C)CC(NCC2CCCCC2)C1. The van der Waals surface area contributed by atoms with Crippen molar-refractivity contribution in [2.45, 2.75) is 85.6 Å². The van der Waals surface area contributed by atoms with Gasteiger partial charge in [-0.3, -0.25) is 0 Å². The fourth-order valence-corrected chi connectivity index (χ4v) is 4.85. The first kappa shape index (κ1) is 19.2. The summed E-state index contributed by atoms with van der Waals surface area (Å²) in [7, 11) is 0. The third-order valence-corrected chi connectivity index (χ3v) is 5.56. The van der Waals surface area contributed by atoms with E-state index < -0.39 is 0 Å². The third kappa shape index (κ3) is 7.56. The molecule has 2 rings (SSSR count). The zero-order valence-corrected chi connectivity index (χ0v) is 16.5. The molecule has 1 N–H and O–H groups in total. The lowest BCUT2D eigenvalue weighted by Crippen LogP contribution is -2.51. The van der Waals surface area contributed by atoms with Gasteiger partial charge in [-0.1, -0.05) is 53.9 Å². The fraction of sp³-hybridized carbons (Fsp3) is 1.00. The van der Waals surface area contributed by atoms with Gasteiger partial charge in [0.1, 0.15) is 0 Å². The van der Waals surface area contributed by atoms with Gasteiger partial charge in [0.25, 0.3) is 0 Å². The van der Waals surface area contributed by atoms with Gasteiger partial charge in [-0.2, -0.15) is 0 Å². The molecule has 2 aliphatic rings. The molecule has 0 aromatic rings. The first-order valence-electron chi connectivity index (χ1n) is 10.3. The normalized spacial score (nSPS) is 28.4. The topological polar surface area (TPSA) is 15.3 Å². The zero-order valence-electron chi connectivity index (χ0n) is 16.5. The number of likely N-dealkylation sites (tertiary alicyclic amines) is 1.